The number of benzene rings is 1. The van der Waals surface area contributed by atoms with Gasteiger partial charge in [0.05, 0.1) is 11.6 Å². The van der Waals surface area contributed by atoms with Crippen LogP contribution >= 0.6 is 12.4 Å². The van der Waals surface area contributed by atoms with Gasteiger partial charge in [-0.3, -0.25) is 0 Å². The van der Waals surface area contributed by atoms with Gasteiger partial charge in [-0.15, -0.1) is 12.4 Å². The summed E-state index contributed by atoms with van der Waals surface area (Å²) in [4.78, 5) is 0. The van der Waals surface area contributed by atoms with E-state index in [2.05, 4.69) is 6.07 Å². The molecule has 0 amide bonds. The fourth-order valence-electron chi connectivity index (χ4n) is 1.72. The Morgan fingerprint density at radius 3 is 2.14 bits per heavy atom. The van der Waals surface area contributed by atoms with Gasteiger partial charge in [-0.1, -0.05) is 12.1 Å². The topological polar surface area (TPSA) is 49.8 Å². The summed E-state index contributed by atoms with van der Waals surface area (Å²) >= 11 is 0. The first-order chi connectivity index (χ1) is 6.24. The Morgan fingerprint density at radius 2 is 1.79 bits per heavy atom. The minimum absolute atomic E-state index is 0. The quantitative estimate of drug-likeness (QED) is 0.770. The van der Waals surface area contributed by atoms with Crippen LogP contribution in [0, 0.1) is 11.3 Å². The molecule has 74 valence electrons. The van der Waals surface area contributed by atoms with Crippen molar-refractivity contribution in [1.29, 1.82) is 5.26 Å². The molecule has 0 saturated heterocycles. The molecule has 3 heteroatoms. The lowest BCUT2D eigenvalue weighted by molar-refractivity contribution is 0.253. The smallest absolute Gasteiger partial charge is 0.0991 e. The molecule has 0 atom stereocenters. The van der Waals surface area contributed by atoms with Gasteiger partial charge in [-0.2, -0.15) is 5.26 Å². The normalized spacial score (nSPS) is 17.4. The second kappa shape index (κ2) is 4.00. The first-order valence-corrected chi connectivity index (χ1v) is 4.54. The summed E-state index contributed by atoms with van der Waals surface area (Å²) in [5.41, 5.74) is 7.89. The van der Waals surface area contributed by atoms with Crippen molar-refractivity contribution in [3.05, 3.63) is 35.4 Å². The highest BCUT2D eigenvalue weighted by molar-refractivity contribution is 5.85. The lowest BCUT2D eigenvalue weighted by Gasteiger charge is -2.38. The van der Waals surface area contributed by atoms with E-state index < -0.39 is 0 Å². The Hall–Kier alpha value is -1.04. The highest BCUT2D eigenvalue weighted by Gasteiger charge is 2.33. The number of rotatable bonds is 1. The Kier molecular flexibility index (Phi) is 3.15. The number of hydrogen-bond donors (Lipinski definition) is 1. The summed E-state index contributed by atoms with van der Waals surface area (Å²) in [5, 5.41) is 8.62. The third kappa shape index (κ3) is 1.75. The van der Waals surface area contributed by atoms with Gasteiger partial charge in [-0.25, -0.2) is 0 Å². The van der Waals surface area contributed by atoms with Crippen molar-refractivity contribution in [3.63, 3.8) is 0 Å². The van der Waals surface area contributed by atoms with Crippen molar-refractivity contribution in [1.82, 2.24) is 0 Å². The average molecular weight is 209 g/mol. The van der Waals surface area contributed by atoms with Gasteiger partial charge in [0.15, 0.2) is 0 Å². The van der Waals surface area contributed by atoms with E-state index in [0.717, 1.165) is 18.4 Å². The van der Waals surface area contributed by atoms with E-state index >= 15 is 0 Å². The van der Waals surface area contributed by atoms with Gasteiger partial charge in [0.25, 0.3) is 0 Å². The molecule has 1 aromatic carbocycles. The first kappa shape index (κ1) is 11.0. The molecular weight excluding hydrogens is 196 g/mol. The van der Waals surface area contributed by atoms with Gasteiger partial charge < -0.3 is 5.73 Å². The van der Waals surface area contributed by atoms with Crippen LogP contribution in [0.4, 0.5) is 0 Å². The molecule has 2 N–H and O–H groups in total. The molecule has 14 heavy (non-hydrogen) atoms. The van der Waals surface area contributed by atoms with Gasteiger partial charge in [-0.05, 0) is 37.0 Å². The van der Waals surface area contributed by atoms with Crippen LogP contribution in [-0.2, 0) is 5.54 Å². The van der Waals surface area contributed by atoms with Crippen LogP contribution in [-0.4, -0.2) is 0 Å². The van der Waals surface area contributed by atoms with Crippen LogP contribution in [0.25, 0.3) is 0 Å². The molecule has 0 aliphatic heterocycles. The average Bonchev–Trinajstić information content (AvgIpc) is 2.14. The molecule has 1 aromatic rings. The molecule has 0 radical (unpaired) electrons. The molecule has 2 rings (SSSR count). The van der Waals surface area contributed by atoms with E-state index in [1.807, 2.05) is 24.3 Å². The molecule has 0 unspecified atom stereocenters. The van der Waals surface area contributed by atoms with Gasteiger partial charge in [0.1, 0.15) is 0 Å². The maximum atomic E-state index is 8.62. The highest BCUT2D eigenvalue weighted by atomic mass is 35.5. The fourth-order valence-corrected chi connectivity index (χ4v) is 1.72. The van der Waals surface area contributed by atoms with Crippen LogP contribution in [0.2, 0.25) is 0 Å². The molecule has 1 aliphatic carbocycles. The van der Waals surface area contributed by atoms with Crippen molar-refractivity contribution in [3.8, 4) is 6.07 Å². The first-order valence-electron chi connectivity index (χ1n) is 4.54. The third-order valence-electron chi connectivity index (χ3n) is 2.83. The second-order valence-corrected chi connectivity index (χ2v) is 3.70. The molecule has 0 spiro atoms. The molecule has 2 nitrogen and oxygen atoms in total. The molecular formula is C11H13ClN2. The number of nitrogens with two attached hydrogens (primary N) is 1. The minimum atomic E-state index is -0.103. The number of halogens is 1. The van der Waals surface area contributed by atoms with Gasteiger partial charge in [0.2, 0.25) is 0 Å². The van der Waals surface area contributed by atoms with Crippen molar-refractivity contribution >= 4 is 12.4 Å². The molecule has 0 bridgehead atoms. The predicted molar refractivity (Wildman–Crippen MR) is 58.1 cm³/mol. The summed E-state index contributed by atoms with van der Waals surface area (Å²) in [6.07, 6.45) is 3.36. The zero-order valence-electron chi connectivity index (χ0n) is 7.86. The monoisotopic (exact) mass is 208 g/mol. The lowest BCUT2D eigenvalue weighted by Crippen LogP contribution is -2.43. The summed E-state index contributed by atoms with van der Waals surface area (Å²) < 4.78 is 0. The Bertz CT molecular complexity index is 347. The Morgan fingerprint density at radius 1 is 1.21 bits per heavy atom. The zero-order valence-corrected chi connectivity index (χ0v) is 8.68. The SMILES string of the molecule is Cl.N#Cc1ccc(C2(N)CCC2)cc1. The van der Waals surface area contributed by atoms with Crippen molar-refractivity contribution in [2.45, 2.75) is 24.8 Å². The van der Waals surface area contributed by atoms with Gasteiger partial charge >= 0.3 is 0 Å². The second-order valence-electron chi connectivity index (χ2n) is 3.70. The van der Waals surface area contributed by atoms with Crippen molar-refractivity contribution < 1.29 is 0 Å². The summed E-state index contributed by atoms with van der Waals surface area (Å²) in [6, 6.07) is 9.71. The van der Waals surface area contributed by atoms with Crippen LogP contribution in [0.15, 0.2) is 24.3 Å². The van der Waals surface area contributed by atoms with Crippen LogP contribution < -0.4 is 5.73 Å². The number of nitrogens with zero attached hydrogens (tertiary/aromatic N) is 1. The highest BCUT2D eigenvalue weighted by Crippen LogP contribution is 2.38. The molecule has 1 aliphatic rings. The van der Waals surface area contributed by atoms with E-state index in [-0.39, 0.29) is 17.9 Å². The molecule has 0 heterocycles. The third-order valence-corrected chi connectivity index (χ3v) is 2.83. The maximum absolute atomic E-state index is 8.62. The van der Waals surface area contributed by atoms with Crippen molar-refractivity contribution in [2.24, 2.45) is 5.73 Å². The van der Waals surface area contributed by atoms with Gasteiger partial charge in [0, 0.05) is 5.54 Å². The van der Waals surface area contributed by atoms with E-state index in [1.54, 1.807) is 0 Å². The molecule has 1 fully saturated rings. The van der Waals surface area contributed by atoms with Crippen LogP contribution in [0.5, 0.6) is 0 Å². The predicted octanol–water partition coefficient (Wildman–Crippen LogP) is 2.32. The summed E-state index contributed by atoms with van der Waals surface area (Å²) in [7, 11) is 0. The van der Waals surface area contributed by atoms with E-state index in [1.165, 1.54) is 6.42 Å². The lowest BCUT2D eigenvalue weighted by atomic mass is 9.73. The largest absolute Gasteiger partial charge is 0.321 e. The van der Waals surface area contributed by atoms with Crippen LogP contribution in [0.1, 0.15) is 30.4 Å². The van der Waals surface area contributed by atoms with E-state index in [4.69, 9.17) is 11.0 Å². The fraction of sp³-hybridized carbons (Fsp3) is 0.364. The van der Waals surface area contributed by atoms with Crippen molar-refractivity contribution in [2.75, 3.05) is 0 Å². The standard InChI is InChI=1S/C11H12N2.ClH/c12-8-9-2-4-10(5-3-9)11(13)6-1-7-11;/h2-5H,1,6-7,13H2;1H. The number of nitriles is 1. The van der Waals surface area contributed by atoms with E-state index in [9.17, 15) is 0 Å². The van der Waals surface area contributed by atoms with Crippen LogP contribution in [0.3, 0.4) is 0 Å². The Balaban J connectivity index is 0.000000980. The minimum Gasteiger partial charge on any atom is -0.321 e. The maximum Gasteiger partial charge on any atom is 0.0991 e. The number of hydrogen-bond acceptors (Lipinski definition) is 2. The molecule has 0 aromatic heterocycles. The summed E-state index contributed by atoms with van der Waals surface area (Å²) in [6.45, 7) is 0. The Labute approximate surface area is 90.1 Å². The molecule has 1 saturated carbocycles. The summed E-state index contributed by atoms with van der Waals surface area (Å²) in [5.74, 6) is 0. The zero-order chi connectivity index (χ0) is 9.31. The van der Waals surface area contributed by atoms with E-state index in [0.29, 0.717) is 5.56 Å².